The van der Waals surface area contributed by atoms with Gasteiger partial charge >= 0.3 is 17.6 Å². The van der Waals surface area contributed by atoms with Crippen molar-refractivity contribution in [3.8, 4) is 11.5 Å². The Balaban J connectivity index is 2.84. The fourth-order valence-electron chi connectivity index (χ4n) is 2.94. The lowest BCUT2D eigenvalue weighted by molar-refractivity contribution is -0.396. The molecule has 0 aliphatic rings. The summed E-state index contributed by atoms with van der Waals surface area (Å²) in [6.07, 6.45) is -5.00. The first-order valence-corrected chi connectivity index (χ1v) is 9.30. The summed E-state index contributed by atoms with van der Waals surface area (Å²) in [5.41, 5.74) is -3.26. The minimum absolute atomic E-state index is 0.103. The SMILES string of the molecule is CC(C)(C)c1ccc(C(C)(C)C)c(Oc2c([N+](=O)[O-])cc(C(F)(F)F)cc2[N+](=O)[O-])c1. The van der Waals surface area contributed by atoms with E-state index in [4.69, 9.17) is 4.74 Å². The van der Waals surface area contributed by atoms with Crippen LogP contribution in [0.1, 0.15) is 58.2 Å². The van der Waals surface area contributed by atoms with Crippen molar-refractivity contribution in [2.24, 2.45) is 0 Å². The highest BCUT2D eigenvalue weighted by Crippen LogP contribution is 2.46. The molecule has 0 aromatic heterocycles. The van der Waals surface area contributed by atoms with E-state index in [1.54, 1.807) is 12.1 Å². The lowest BCUT2D eigenvalue weighted by Crippen LogP contribution is -2.16. The molecule has 0 spiro atoms. The van der Waals surface area contributed by atoms with E-state index >= 15 is 0 Å². The van der Waals surface area contributed by atoms with Gasteiger partial charge in [0.1, 0.15) is 5.75 Å². The predicted octanol–water partition coefficient (Wildman–Crippen LogP) is 6.91. The van der Waals surface area contributed by atoms with Crippen LogP contribution in [-0.2, 0) is 17.0 Å². The lowest BCUT2D eigenvalue weighted by atomic mass is 9.81. The van der Waals surface area contributed by atoms with Crippen LogP contribution >= 0.6 is 0 Å². The number of nitro groups is 2. The largest absolute Gasteiger partial charge is 0.444 e. The molecule has 0 radical (unpaired) electrons. The van der Waals surface area contributed by atoms with Crippen molar-refractivity contribution in [3.63, 3.8) is 0 Å². The van der Waals surface area contributed by atoms with Crippen LogP contribution in [0.4, 0.5) is 24.5 Å². The van der Waals surface area contributed by atoms with Gasteiger partial charge in [0.25, 0.3) is 5.75 Å². The zero-order chi connectivity index (χ0) is 23.9. The van der Waals surface area contributed by atoms with Crippen LogP contribution in [0.25, 0.3) is 0 Å². The zero-order valence-corrected chi connectivity index (χ0v) is 18.0. The molecule has 2 aromatic carbocycles. The summed E-state index contributed by atoms with van der Waals surface area (Å²) in [6.45, 7) is 11.3. The van der Waals surface area contributed by atoms with Crippen LogP contribution in [0.2, 0.25) is 0 Å². The first-order chi connectivity index (χ1) is 13.9. The summed E-state index contributed by atoms with van der Waals surface area (Å²) >= 11 is 0. The van der Waals surface area contributed by atoms with Crippen molar-refractivity contribution < 1.29 is 27.8 Å². The van der Waals surface area contributed by atoms with Crippen molar-refractivity contribution in [1.29, 1.82) is 0 Å². The molecule has 10 heteroatoms. The minimum atomic E-state index is -5.00. The second-order valence-electron chi connectivity index (χ2n) is 9.17. The summed E-state index contributed by atoms with van der Waals surface area (Å²) in [5.74, 6) is -0.745. The third-order valence-electron chi connectivity index (χ3n) is 4.64. The van der Waals surface area contributed by atoms with Gasteiger partial charge in [-0.25, -0.2) is 0 Å². The van der Waals surface area contributed by atoms with Crippen molar-refractivity contribution in [2.75, 3.05) is 0 Å². The van der Waals surface area contributed by atoms with E-state index < -0.39 is 44.1 Å². The van der Waals surface area contributed by atoms with Crippen LogP contribution in [0, 0.1) is 20.2 Å². The molecule has 7 nitrogen and oxygen atoms in total. The Morgan fingerprint density at radius 3 is 1.61 bits per heavy atom. The van der Waals surface area contributed by atoms with Crippen molar-refractivity contribution in [2.45, 2.75) is 58.5 Å². The monoisotopic (exact) mass is 440 g/mol. The Hall–Kier alpha value is -3.17. The molecule has 0 atom stereocenters. The van der Waals surface area contributed by atoms with E-state index in [0.29, 0.717) is 5.56 Å². The zero-order valence-electron chi connectivity index (χ0n) is 18.0. The minimum Gasteiger partial charge on any atom is -0.444 e. The van der Waals surface area contributed by atoms with Gasteiger partial charge in [0.15, 0.2) is 0 Å². The van der Waals surface area contributed by atoms with E-state index in [0.717, 1.165) is 5.56 Å². The van der Waals surface area contributed by atoms with Crippen molar-refractivity contribution in [1.82, 2.24) is 0 Å². The molecule has 0 N–H and O–H groups in total. The molecule has 0 fully saturated rings. The third-order valence-corrected chi connectivity index (χ3v) is 4.64. The van der Waals surface area contributed by atoms with Crippen LogP contribution in [-0.4, -0.2) is 9.85 Å². The Bertz CT molecular complexity index is 1000. The molecule has 0 heterocycles. The number of benzene rings is 2. The summed E-state index contributed by atoms with van der Waals surface area (Å²) in [5, 5.41) is 23.0. The molecule has 2 aromatic rings. The number of rotatable bonds is 4. The normalized spacial score (nSPS) is 12.5. The van der Waals surface area contributed by atoms with Gasteiger partial charge in [-0.3, -0.25) is 20.2 Å². The predicted molar refractivity (Wildman–Crippen MR) is 109 cm³/mol. The summed E-state index contributed by atoms with van der Waals surface area (Å²) < 4.78 is 45.1. The number of ether oxygens (including phenoxy) is 1. The highest BCUT2D eigenvalue weighted by atomic mass is 19.4. The van der Waals surface area contributed by atoms with E-state index in [1.165, 1.54) is 0 Å². The highest BCUT2D eigenvalue weighted by molar-refractivity contribution is 5.64. The Kier molecular flexibility index (Phi) is 6.08. The molecule has 0 unspecified atom stereocenters. The molecule has 0 aliphatic heterocycles. The Morgan fingerprint density at radius 1 is 0.774 bits per heavy atom. The Morgan fingerprint density at radius 2 is 1.26 bits per heavy atom. The van der Waals surface area contributed by atoms with Crippen LogP contribution in [0.3, 0.4) is 0 Å². The van der Waals surface area contributed by atoms with Crippen LogP contribution < -0.4 is 4.74 Å². The maximum Gasteiger partial charge on any atom is 0.416 e. The first kappa shape index (κ1) is 24.1. The molecule has 168 valence electrons. The van der Waals surface area contributed by atoms with Gasteiger partial charge in [0.05, 0.1) is 15.4 Å². The van der Waals surface area contributed by atoms with Crippen LogP contribution in [0.15, 0.2) is 30.3 Å². The molecule has 0 bridgehead atoms. The second-order valence-corrected chi connectivity index (χ2v) is 9.17. The standard InChI is InChI=1S/C21H23F3N2O5/c1-19(2,3)12-7-8-14(20(4,5)6)17(11-12)31-18-15(25(27)28)9-13(21(22,23)24)10-16(18)26(29)30/h7-11H,1-6H3. The molecular formula is C21H23F3N2O5. The first-order valence-electron chi connectivity index (χ1n) is 9.30. The number of nitro benzene ring substituents is 2. The Labute approximate surface area is 177 Å². The molecule has 0 aliphatic carbocycles. The van der Waals surface area contributed by atoms with E-state index in [-0.39, 0.29) is 23.3 Å². The average molecular weight is 440 g/mol. The average Bonchev–Trinajstić information content (AvgIpc) is 2.58. The maximum absolute atomic E-state index is 13.2. The van der Waals surface area contributed by atoms with E-state index in [9.17, 15) is 33.4 Å². The quantitative estimate of drug-likeness (QED) is 0.380. The van der Waals surface area contributed by atoms with Crippen LogP contribution in [0.5, 0.6) is 11.5 Å². The molecular weight excluding hydrogens is 417 g/mol. The third kappa shape index (κ3) is 5.31. The molecule has 0 amide bonds. The number of hydrogen-bond donors (Lipinski definition) is 0. The van der Waals surface area contributed by atoms with Gasteiger partial charge in [0.2, 0.25) is 0 Å². The number of nitrogens with zero attached hydrogens (tertiary/aromatic N) is 2. The van der Waals surface area contributed by atoms with Gasteiger partial charge in [0, 0.05) is 17.7 Å². The molecule has 0 saturated carbocycles. The lowest BCUT2D eigenvalue weighted by Gasteiger charge is -2.26. The van der Waals surface area contributed by atoms with E-state index in [1.807, 2.05) is 47.6 Å². The van der Waals surface area contributed by atoms with Gasteiger partial charge in [-0.15, -0.1) is 0 Å². The van der Waals surface area contributed by atoms with Gasteiger partial charge in [-0.05, 0) is 22.5 Å². The topological polar surface area (TPSA) is 95.5 Å². The molecule has 0 saturated heterocycles. The summed E-state index contributed by atoms with van der Waals surface area (Å²) in [7, 11) is 0. The maximum atomic E-state index is 13.2. The number of alkyl halides is 3. The molecule has 2 rings (SSSR count). The number of halogens is 3. The van der Waals surface area contributed by atoms with Crippen molar-refractivity contribution in [3.05, 3.63) is 67.3 Å². The van der Waals surface area contributed by atoms with Crippen molar-refractivity contribution >= 4 is 11.4 Å². The summed E-state index contributed by atoms with van der Waals surface area (Å²) in [6, 6.07) is 5.69. The molecule has 31 heavy (non-hydrogen) atoms. The second kappa shape index (κ2) is 7.82. The smallest absolute Gasteiger partial charge is 0.416 e. The number of hydrogen-bond acceptors (Lipinski definition) is 5. The summed E-state index contributed by atoms with van der Waals surface area (Å²) in [4.78, 5) is 20.8. The van der Waals surface area contributed by atoms with Gasteiger partial charge in [-0.1, -0.05) is 53.7 Å². The van der Waals surface area contributed by atoms with Gasteiger partial charge < -0.3 is 4.74 Å². The fourth-order valence-corrected chi connectivity index (χ4v) is 2.94. The fraction of sp³-hybridized carbons (Fsp3) is 0.429. The van der Waals surface area contributed by atoms with Gasteiger partial charge in [-0.2, -0.15) is 13.2 Å². The van der Waals surface area contributed by atoms with E-state index in [2.05, 4.69) is 0 Å². The highest BCUT2D eigenvalue weighted by Gasteiger charge is 2.39.